The van der Waals surface area contributed by atoms with Gasteiger partial charge in [0.2, 0.25) is 5.82 Å². The smallest absolute Gasteiger partial charge is 0.201 e. The van der Waals surface area contributed by atoms with Crippen molar-refractivity contribution in [3.63, 3.8) is 0 Å². The number of rotatable bonds is 1. The second kappa shape index (κ2) is 3.45. The lowest BCUT2D eigenvalue weighted by Gasteiger charge is -2.00. The molecule has 0 spiro atoms. The van der Waals surface area contributed by atoms with Crippen molar-refractivity contribution < 1.29 is 0 Å². The molecule has 0 aliphatic rings. The van der Waals surface area contributed by atoms with E-state index in [2.05, 4.69) is 39.9 Å². The first-order chi connectivity index (χ1) is 9.31. The first-order valence-corrected chi connectivity index (χ1v) is 5.44. The van der Waals surface area contributed by atoms with Crippen LogP contribution in [0.2, 0.25) is 0 Å². The third-order valence-corrected chi connectivity index (χ3v) is 2.69. The van der Waals surface area contributed by atoms with E-state index in [0.29, 0.717) is 34.3 Å². The number of hydrogen-bond donors (Lipinski definition) is 3. The highest BCUT2D eigenvalue weighted by molar-refractivity contribution is 5.82. The minimum absolute atomic E-state index is 0.309. The predicted molar refractivity (Wildman–Crippen MR) is 66.8 cm³/mol. The van der Waals surface area contributed by atoms with E-state index in [9.17, 15) is 0 Å². The molecule has 0 amide bonds. The Kier molecular flexibility index (Phi) is 1.79. The zero-order valence-corrected chi connectivity index (χ0v) is 9.49. The molecule has 9 nitrogen and oxygen atoms in total. The van der Waals surface area contributed by atoms with Gasteiger partial charge in [0.15, 0.2) is 22.9 Å². The lowest BCUT2D eigenvalue weighted by molar-refractivity contribution is 1.11. The molecule has 0 bridgehead atoms. The number of H-pyrrole nitrogens is 2. The van der Waals surface area contributed by atoms with Crippen molar-refractivity contribution in [2.24, 2.45) is 0 Å². The van der Waals surface area contributed by atoms with Gasteiger partial charge in [0, 0.05) is 0 Å². The number of nitrogens with two attached hydrogens (primary N) is 1. The fourth-order valence-corrected chi connectivity index (χ4v) is 1.80. The molecule has 4 aromatic heterocycles. The second-order valence-corrected chi connectivity index (χ2v) is 3.87. The molecule has 4 aromatic rings. The zero-order chi connectivity index (χ0) is 12.8. The van der Waals surface area contributed by atoms with Crippen molar-refractivity contribution in [2.45, 2.75) is 0 Å². The molecule has 0 fully saturated rings. The summed E-state index contributed by atoms with van der Waals surface area (Å²) in [6, 6.07) is 0. The average molecular weight is 253 g/mol. The van der Waals surface area contributed by atoms with Gasteiger partial charge in [-0.15, -0.1) is 0 Å². The summed E-state index contributed by atoms with van der Waals surface area (Å²) >= 11 is 0. The van der Waals surface area contributed by atoms with Crippen molar-refractivity contribution in [3.05, 3.63) is 18.9 Å². The summed E-state index contributed by atoms with van der Waals surface area (Å²) in [4.78, 5) is 30.8. The molecule has 92 valence electrons. The van der Waals surface area contributed by atoms with Crippen molar-refractivity contribution >= 4 is 28.1 Å². The maximum Gasteiger partial charge on any atom is 0.201 e. The van der Waals surface area contributed by atoms with Gasteiger partial charge in [0.1, 0.15) is 11.0 Å². The van der Waals surface area contributed by atoms with Crippen molar-refractivity contribution in [1.29, 1.82) is 0 Å². The van der Waals surface area contributed by atoms with Crippen LogP contribution in [0.15, 0.2) is 18.9 Å². The van der Waals surface area contributed by atoms with E-state index in [1.165, 1.54) is 6.33 Å². The Hall–Kier alpha value is -3.10. The summed E-state index contributed by atoms with van der Waals surface area (Å²) in [7, 11) is 0. The minimum Gasteiger partial charge on any atom is -0.382 e. The molecule has 0 aliphatic carbocycles. The van der Waals surface area contributed by atoms with Crippen LogP contribution in [-0.4, -0.2) is 39.9 Å². The normalized spacial score (nSPS) is 11.4. The summed E-state index contributed by atoms with van der Waals surface area (Å²) in [5.41, 5.74) is 8.21. The van der Waals surface area contributed by atoms with Crippen molar-refractivity contribution in [3.8, 4) is 11.6 Å². The number of imidazole rings is 2. The number of nitrogens with zero attached hydrogens (tertiary/aromatic N) is 6. The second-order valence-electron chi connectivity index (χ2n) is 3.87. The van der Waals surface area contributed by atoms with Gasteiger partial charge in [-0.25, -0.2) is 29.9 Å². The Morgan fingerprint density at radius 2 is 1.63 bits per heavy atom. The maximum absolute atomic E-state index is 5.83. The number of nitrogen functional groups attached to an aromatic ring is 1. The summed E-state index contributed by atoms with van der Waals surface area (Å²) in [5, 5.41) is 0. The quantitative estimate of drug-likeness (QED) is 0.443. The lowest BCUT2D eigenvalue weighted by atomic mass is 10.4. The van der Waals surface area contributed by atoms with Crippen LogP contribution in [0, 0.1) is 0 Å². The molecule has 0 unspecified atom stereocenters. The molecule has 0 saturated carbocycles. The van der Waals surface area contributed by atoms with E-state index >= 15 is 0 Å². The summed E-state index contributed by atoms with van der Waals surface area (Å²) in [5.74, 6) is 0.987. The Labute approximate surface area is 105 Å². The fourth-order valence-electron chi connectivity index (χ4n) is 1.80. The maximum atomic E-state index is 5.83. The van der Waals surface area contributed by atoms with E-state index in [1.807, 2.05) is 0 Å². The highest BCUT2D eigenvalue weighted by atomic mass is 15.1. The molecule has 9 heteroatoms. The summed E-state index contributed by atoms with van der Waals surface area (Å²) in [6.07, 6.45) is 4.69. The van der Waals surface area contributed by atoms with Crippen LogP contribution in [0.3, 0.4) is 0 Å². The third-order valence-electron chi connectivity index (χ3n) is 2.69. The van der Waals surface area contributed by atoms with Crippen LogP contribution in [0.25, 0.3) is 34.0 Å². The highest BCUT2D eigenvalue weighted by Crippen LogP contribution is 2.18. The van der Waals surface area contributed by atoms with Crippen LogP contribution < -0.4 is 5.73 Å². The average Bonchev–Trinajstić information content (AvgIpc) is 3.06. The molecule has 4 rings (SSSR count). The third kappa shape index (κ3) is 1.41. The molecule has 4 heterocycles. The monoisotopic (exact) mass is 253 g/mol. The van der Waals surface area contributed by atoms with E-state index in [-0.39, 0.29) is 0 Å². The van der Waals surface area contributed by atoms with E-state index < -0.39 is 0 Å². The van der Waals surface area contributed by atoms with Crippen LogP contribution in [0.5, 0.6) is 0 Å². The fraction of sp³-hybridized carbons (Fsp3) is 0. The minimum atomic E-state index is 0.309. The van der Waals surface area contributed by atoms with Crippen LogP contribution in [-0.2, 0) is 0 Å². The molecule has 0 aromatic carbocycles. The molecule has 4 N–H and O–H groups in total. The molecule has 0 atom stereocenters. The molecular weight excluding hydrogens is 246 g/mol. The molecule has 0 aliphatic heterocycles. The van der Waals surface area contributed by atoms with Gasteiger partial charge in [-0.1, -0.05) is 0 Å². The number of aromatic nitrogens is 8. The van der Waals surface area contributed by atoms with Gasteiger partial charge in [-0.2, -0.15) is 0 Å². The largest absolute Gasteiger partial charge is 0.382 e. The Morgan fingerprint density at radius 1 is 0.842 bits per heavy atom. The van der Waals surface area contributed by atoms with Crippen LogP contribution >= 0.6 is 0 Å². The Morgan fingerprint density at radius 3 is 2.58 bits per heavy atom. The topological polar surface area (TPSA) is 135 Å². The van der Waals surface area contributed by atoms with Gasteiger partial charge < -0.3 is 15.7 Å². The van der Waals surface area contributed by atoms with Gasteiger partial charge in [0.05, 0.1) is 18.9 Å². The van der Waals surface area contributed by atoms with Gasteiger partial charge in [-0.05, 0) is 0 Å². The molecule has 19 heavy (non-hydrogen) atoms. The summed E-state index contributed by atoms with van der Waals surface area (Å²) < 4.78 is 0. The Bertz CT molecular complexity index is 890. The van der Waals surface area contributed by atoms with E-state index in [0.717, 1.165) is 5.52 Å². The lowest BCUT2D eigenvalue weighted by Crippen LogP contribution is -2.00. The number of fused-ring (bicyclic) bond motifs is 2. The van der Waals surface area contributed by atoms with Crippen molar-refractivity contribution in [2.75, 3.05) is 5.73 Å². The Balaban J connectivity index is 1.97. The predicted octanol–water partition coefficient (Wildman–Crippen LogP) is 0.268. The van der Waals surface area contributed by atoms with Crippen molar-refractivity contribution in [1.82, 2.24) is 39.9 Å². The molecular formula is C10H7N9. The zero-order valence-electron chi connectivity index (χ0n) is 9.49. The van der Waals surface area contributed by atoms with Gasteiger partial charge in [0.25, 0.3) is 0 Å². The van der Waals surface area contributed by atoms with Crippen LogP contribution in [0.1, 0.15) is 0 Å². The van der Waals surface area contributed by atoms with E-state index in [4.69, 9.17) is 5.73 Å². The molecule has 0 saturated heterocycles. The van der Waals surface area contributed by atoms with Crippen LogP contribution in [0.4, 0.5) is 5.82 Å². The number of aromatic amines is 2. The SMILES string of the molecule is Nc1nc(-c2ncc3[nH]cnc3n2)nc2nc[nH]c12. The van der Waals surface area contributed by atoms with Gasteiger partial charge >= 0.3 is 0 Å². The summed E-state index contributed by atoms with van der Waals surface area (Å²) in [6.45, 7) is 0. The molecule has 0 radical (unpaired) electrons. The number of hydrogen-bond acceptors (Lipinski definition) is 7. The van der Waals surface area contributed by atoms with Gasteiger partial charge in [-0.3, -0.25) is 0 Å². The first kappa shape index (κ1) is 9.88. The van der Waals surface area contributed by atoms with E-state index in [1.54, 1.807) is 12.5 Å². The standard InChI is InChI=1S/C10H7N9/c11-6-5-8(16-3-14-5)19-10(17-6)9-12-1-4-7(18-9)15-2-13-4/h1-3H,(H,12,13,15,18)(H3,11,14,16,17,19). The first-order valence-electron chi connectivity index (χ1n) is 5.44. The number of anilines is 1. The number of nitrogens with one attached hydrogen (secondary N) is 2. The highest BCUT2D eigenvalue weighted by Gasteiger charge is 2.12.